The number of nitrogens with one attached hydrogen (secondary N) is 1. The molecule has 2 heterocycles. The number of hydrogen-bond donors (Lipinski definition) is 1. The number of halogens is 1. The molecule has 0 atom stereocenters. The minimum Gasteiger partial charge on any atom is -0.497 e. The average Bonchev–Trinajstić information content (AvgIpc) is 3.33. The maximum absolute atomic E-state index is 14.5. The van der Waals surface area contributed by atoms with Crippen molar-refractivity contribution in [1.29, 1.82) is 0 Å². The molecule has 0 aromatic heterocycles. The fraction of sp³-hybridized carbons (Fsp3) is 0.238. The van der Waals surface area contributed by atoms with E-state index in [9.17, 15) is 9.18 Å². The van der Waals surface area contributed by atoms with Crippen LogP contribution in [0.2, 0.25) is 0 Å². The van der Waals surface area contributed by atoms with Gasteiger partial charge in [0.15, 0.2) is 5.17 Å². The summed E-state index contributed by atoms with van der Waals surface area (Å²) < 4.78 is 19.6. The second-order valence-corrected chi connectivity index (χ2v) is 7.62. The van der Waals surface area contributed by atoms with Gasteiger partial charge in [-0.15, -0.1) is 0 Å². The molecule has 0 radical (unpaired) electrons. The van der Waals surface area contributed by atoms with Crippen LogP contribution in [0.25, 0.3) is 6.08 Å². The van der Waals surface area contributed by atoms with Crippen LogP contribution in [0.15, 0.2) is 52.4 Å². The Morgan fingerprint density at radius 3 is 2.61 bits per heavy atom. The quantitative estimate of drug-likeness (QED) is 0.781. The van der Waals surface area contributed by atoms with Crippen LogP contribution in [0.1, 0.15) is 18.4 Å². The second-order valence-electron chi connectivity index (χ2n) is 6.58. The summed E-state index contributed by atoms with van der Waals surface area (Å²) >= 11 is 1.24. The molecule has 2 aromatic carbocycles. The zero-order chi connectivity index (χ0) is 19.5. The van der Waals surface area contributed by atoms with Gasteiger partial charge in [-0.05, 0) is 72.6 Å². The molecular formula is C21H20FN3O2S. The highest BCUT2D eigenvalue weighted by molar-refractivity contribution is 8.18. The van der Waals surface area contributed by atoms with Crippen molar-refractivity contribution in [1.82, 2.24) is 5.32 Å². The third kappa shape index (κ3) is 4.04. The van der Waals surface area contributed by atoms with Gasteiger partial charge in [0.25, 0.3) is 5.91 Å². The lowest BCUT2D eigenvalue weighted by Crippen LogP contribution is -2.19. The van der Waals surface area contributed by atoms with Gasteiger partial charge < -0.3 is 15.0 Å². The molecule has 2 aromatic rings. The monoisotopic (exact) mass is 397 g/mol. The molecular weight excluding hydrogens is 377 g/mol. The van der Waals surface area contributed by atoms with Crippen LogP contribution < -0.4 is 15.0 Å². The van der Waals surface area contributed by atoms with E-state index in [1.54, 1.807) is 19.3 Å². The number of anilines is 1. The van der Waals surface area contributed by atoms with Crippen molar-refractivity contribution < 1.29 is 13.9 Å². The average molecular weight is 397 g/mol. The number of rotatable bonds is 4. The van der Waals surface area contributed by atoms with E-state index in [2.05, 4.69) is 15.2 Å². The highest BCUT2D eigenvalue weighted by Crippen LogP contribution is 2.30. The highest BCUT2D eigenvalue weighted by atomic mass is 32.2. The summed E-state index contributed by atoms with van der Waals surface area (Å²) in [5.41, 5.74) is 2.00. The lowest BCUT2D eigenvalue weighted by atomic mass is 10.1. The number of ether oxygens (including phenoxy) is 1. The molecule has 0 aliphatic carbocycles. The molecule has 0 spiro atoms. The van der Waals surface area contributed by atoms with E-state index < -0.39 is 0 Å². The largest absolute Gasteiger partial charge is 0.497 e. The number of nitrogens with zero attached hydrogens (tertiary/aromatic N) is 2. The van der Waals surface area contributed by atoms with Gasteiger partial charge in [0, 0.05) is 13.1 Å². The molecule has 1 amide bonds. The molecule has 28 heavy (non-hydrogen) atoms. The Balaban J connectivity index is 1.51. The van der Waals surface area contributed by atoms with E-state index in [0.717, 1.165) is 31.7 Å². The molecule has 2 aliphatic heterocycles. The summed E-state index contributed by atoms with van der Waals surface area (Å²) in [7, 11) is 1.60. The van der Waals surface area contributed by atoms with Crippen molar-refractivity contribution in [3.8, 4) is 5.75 Å². The van der Waals surface area contributed by atoms with Gasteiger partial charge in [0.1, 0.15) is 11.6 Å². The van der Waals surface area contributed by atoms with Crippen LogP contribution in [-0.4, -0.2) is 31.3 Å². The lowest BCUT2D eigenvalue weighted by Gasteiger charge is -2.18. The van der Waals surface area contributed by atoms with Crippen molar-refractivity contribution in [3.05, 3.63) is 58.8 Å². The Morgan fingerprint density at radius 2 is 1.93 bits per heavy atom. The molecule has 2 saturated heterocycles. The Bertz CT molecular complexity index is 951. The summed E-state index contributed by atoms with van der Waals surface area (Å²) in [6.45, 7) is 1.78. The fourth-order valence-electron chi connectivity index (χ4n) is 3.23. The van der Waals surface area contributed by atoms with Crippen LogP contribution >= 0.6 is 11.8 Å². The number of hydrogen-bond acceptors (Lipinski definition) is 5. The van der Waals surface area contributed by atoms with Gasteiger partial charge in [0.2, 0.25) is 0 Å². The second kappa shape index (κ2) is 8.06. The van der Waals surface area contributed by atoms with Crippen LogP contribution in [0.5, 0.6) is 5.75 Å². The topological polar surface area (TPSA) is 53.9 Å². The smallest absolute Gasteiger partial charge is 0.264 e. The molecule has 0 unspecified atom stereocenters. The minimum absolute atomic E-state index is 0.235. The van der Waals surface area contributed by atoms with Gasteiger partial charge in [0.05, 0.1) is 23.4 Å². The summed E-state index contributed by atoms with van der Waals surface area (Å²) in [5.74, 6) is 0.250. The van der Waals surface area contributed by atoms with E-state index in [0.29, 0.717) is 27.0 Å². The molecule has 1 N–H and O–H groups in total. The molecule has 7 heteroatoms. The van der Waals surface area contributed by atoms with E-state index in [4.69, 9.17) is 4.74 Å². The molecule has 5 nitrogen and oxygen atoms in total. The SMILES string of the molecule is COc1ccc(N=C2NC(=O)/C(=C/c3ccc(N4CCCC4)c(F)c3)S2)cc1. The van der Waals surface area contributed by atoms with Crippen molar-refractivity contribution in [2.75, 3.05) is 25.1 Å². The standard InChI is InChI=1S/C21H20FN3O2S/c1-27-16-7-5-15(6-8-16)23-21-24-20(26)19(28-21)13-14-4-9-18(17(22)12-14)25-10-2-3-11-25/h4-9,12-13H,2-3,10-11H2,1H3,(H,23,24,26)/b19-13-. The van der Waals surface area contributed by atoms with Gasteiger partial charge in [-0.2, -0.15) is 0 Å². The van der Waals surface area contributed by atoms with Crippen LogP contribution in [0.3, 0.4) is 0 Å². The molecule has 2 fully saturated rings. The number of thioether (sulfide) groups is 1. The molecule has 4 rings (SSSR count). The number of benzene rings is 2. The highest BCUT2D eigenvalue weighted by Gasteiger charge is 2.24. The first-order chi connectivity index (χ1) is 13.6. The predicted octanol–water partition coefficient (Wildman–Crippen LogP) is 4.33. The van der Waals surface area contributed by atoms with Gasteiger partial charge in [-0.25, -0.2) is 9.38 Å². The number of methoxy groups -OCH3 is 1. The van der Waals surface area contributed by atoms with Crippen molar-refractivity contribution in [3.63, 3.8) is 0 Å². The van der Waals surface area contributed by atoms with E-state index in [1.807, 2.05) is 30.3 Å². The van der Waals surface area contributed by atoms with Gasteiger partial charge in [-0.3, -0.25) is 4.79 Å². The van der Waals surface area contributed by atoms with E-state index >= 15 is 0 Å². The summed E-state index contributed by atoms with van der Waals surface area (Å²) in [4.78, 5) is 19.2. The molecule has 144 valence electrons. The van der Waals surface area contributed by atoms with Crippen LogP contribution in [0, 0.1) is 5.82 Å². The Morgan fingerprint density at radius 1 is 1.18 bits per heavy atom. The fourth-order valence-corrected chi connectivity index (χ4v) is 4.08. The first kappa shape index (κ1) is 18.6. The maximum atomic E-state index is 14.5. The predicted molar refractivity (Wildman–Crippen MR) is 112 cm³/mol. The van der Waals surface area contributed by atoms with Crippen molar-refractivity contribution in [2.24, 2.45) is 4.99 Å². The minimum atomic E-state index is -0.258. The number of amides is 1. The van der Waals surface area contributed by atoms with E-state index in [1.165, 1.54) is 17.8 Å². The number of carbonyl (C=O) groups excluding carboxylic acids is 1. The first-order valence-corrected chi connectivity index (χ1v) is 9.92. The zero-order valence-corrected chi connectivity index (χ0v) is 16.3. The van der Waals surface area contributed by atoms with Crippen molar-refractivity contribution >= 4 is 40.3 Å². The maximum Gasteiger partial charge on any atom is 0.264 e. The Labute approximate surface area is 167 Å². The number of amidine groups is 1. The van der Waals surface area contributed by atoms with Gasteiger partial charge >= 0.3 is 0 Å². The van der Waals surface area contributed by atoms with Gasteiger partial charge in [-0.1, -0.05) is 6.07 Å². The first-order valence-electron chi connectivity index (χ1n) is 9.10. The molecule has 2 aliphatic rings. The zero-order valence-electron chi connectivity index (χ0n) is 15.4. The molecule has 0 saturated carbocycles. The van der Waals surface area contributed by atoms with Crippen LogP contribution in [0.4, 0.5) is 15.8 Å². The third-order valence-corrected chi connectivity index (χ3v) is 5.58. The summed E-state index contributed by atoms with van der Waals surface area (Å²) in [6.07, 6.45) is 3.88. The Hall–Kier alpha value is -2.80. The number of aliphatic imine (C=N–C) groups is 1. The van der Waals surface area contributed by atoms with Crippen LogP contribution in [-0.2, 0) is 4.79 Å². The number of carbonyl (C=O) groups is 1. The Kier molecular flexibility index (Phi) is 5.34. The lowest BCUT2D eigenvalue weighted by molar-refractivity contribution is -0.115. The van der Waals surface area contributed by atoms with Crippen molar-refractivity contribution in [2.45, 2.75) is 12.8 Å². The molecule has 0 bridgehead atoms. The third-order valence-electron chi connectivity index (χ3n) is 4.67. The summed E-state index contributed by atoms with van der Waals surface area (Å²) in [5, 5.41) is 3.24. The summed E-state index contributed by atoms with van der Waals surface area (Å²) in [6, 6.07) is 12.4. The normalized spacial score (nSPS) is 19.5. The van der Waals surface area contributed by atoms with E-state index in [-0.39, 0.29) is 11.7 Å².